The van der Waals surface area contributed by atoms with Crippen molar-refractivity contribution in [2.45, 2.75) is 6.04 Å². The molecule has 0 bridgehead atoms. The Balaban J connectivity index is 2.87. The van der Waals surface area contributed by atoms with Crippen LogP contribution in [0.4, 0.5) is 0 Å². The fourth-order valence-corrected chi connectivity index (χ4v) is 1.47. The number of aliphatic hydroxyl groups is 1. The van der Waals surface area contributed by atoms with Crippen molar-refractivity contribution >= 4 is 11.9 Å². The first-order valence-electron chi connectivity index (χ1n) is 5.33. The van der Waals surface area contributed by atoms with Crippen molar-refractivity contribution in [2.75, 3.05) is 20.3 Å². The van der Waals surface area contributed by atoms with Gasteiger partial charge in [-0.25, -0.2) is 4.79 Å². The van der Waals surface area contributed by atoms with Crippen molar-refractivity contribution < 1.29 is 24.5 Å². The third-order valence-electron chi connectivity index (χ3n) is 2.33. The number of amides is 1. The Kier molecular flexibility index (Phi) is 5.29. The molecule has 1 rings (SSSR count). The zero-order chi connectivity index (χ0) is 13.5. The number of methoxy groups -OCH3 is 1. The molecule has 6 nitrogen and oxygen atoms in total. The molecule has 18 heavy (non-hydrogen) atoms. The number of benzene rings is 1. The van der Waals surface area contributed by atoms with Crippen molar-refractivity contribution in [3.05, 3.63) is 35.4 Å². The number of carboxylic acids is 1. The van der Waals surface area contributed by atoms with E-state index in [1.54, 1.807) is 12.1 Å². The van der Waals surface area contributed by atoms with Crippen LogP contribution in [0, 0.1) is 0 Å². The quantitative estimate of drug-likeness (QED) is 0.669. The van der Waals surface area contributed by atoms with Crippen LogP contribution in [0.15, 0.2) is 24.3 Å². The molecule has 98 valence electrons. The lowest BCUT2D eigenvalue weighted by molar-refractivity contribution is 0.0688. The van der Waals surface area contributed by atoms with Crippen LogP contribution in [0.1, 0.15) is 20.7 Å². The lowest BCUT2D eigenvalue weighted by atomic mass is 10.1. The van der Waals surface area contributed by atoms with Gasteiger partial charge in [-0.3, -0.25) is 4.79 Å². The first kappa shape index (κ1) is 14.1. The number of carbonyl (C=O) groups excluding carboxylic acids is 1. The van der Waals surface area contributed by atoms with E-state index in [9.17, 15) is 9.59 Å². The normalized spacial score (nSPS) is 11.9. The van der Waals surface area contributed by atoms with Crippen LogP contribution in [-0.4, -0.2) is 48.5 Å². The monoisotopic (exact) mass is 253 g/mol. The summed E-state index contributed by atoms with van der Waals surface area (Å²) in [6.45, 7) is -0.133. The molecular formula is C12H15NO5. The van der Waals surface area contributed by atoms with E-state index in [1.807, 2.05) is 0 Å². The molecule has 0 saturated carbocycles. The molecule has 0 saturated heterocycles. The van der Waals surface area contributed by atoms with Gasteiger partial charge in [-0.15, -0.1) is 0 Å². The van der Waals surface area contributed by atoms with Gasteiger partial charge in [0.2, 0.25) is 0 Å². The molecule has 3 N–H and O–H groups in total. The summed E-state index contributed by atoms with van der Waals surface area (Å²) in [6.07, 6.45) is 0. The van der Waals surface area contributed by atoms with E-state index < -0.39 is 17.9 Å². The van der Waals surface area contributed by atoms with Crippen molar-refractivity contribution in [2.24, 2.45) is 0 Å². The van der Waals surface area contributed by atoms with E-state index in [0.717, 1.165) is 0 Å². The predicted molar refractivity (Wildman–Crippen MR) is 63.6 cm³/mol. The summed E-state index contributed by atoms with van der Waals surface area (Å²) in [4.78, 5) is 22.8. The van der Waals surface area contributed by atoms with Crippen molar-refractivity contribution in [3.63, 3.8) is 0 Å². The molecule has 1 aromatic carbocycles. The summed E-state index contributed by atoms with van der Waals surface area (Å²) < 4.78 is 4.82. The first-order valence-corrected chi connectivity index (χ1v) is 5.33. The second-order valence-corrected chi connectivity index (χ2v) is 3.66. The van der Waals surface area contributed by atoms with Crippen molar-refractivity contribution in [3.8, 4) is 0 Å². The summed E-state index contributed by atoms with van der Waals surface area (Å²) >= 11 is 0. The highest BCUT2D eigenvalue weighted by Crippen LogP contribution is 2.08. The SMILES string of the molecule is COCC(CO)NC(=O)c1ccccc1C(=O)O. The van der Waals surface area contributed by atoms with E-state index in [4.69, 9.17) is 14.9 Å². The summed E-state index contributed by atoms with van der Waals surface area (Å²) in [5.74, 6) is -1.72. The molecule has 1 unspecified atom stereocenters. The molecule has 6 heteroatoms. The summed E-state index contributed by atoms with van der Waals surface area (Å²) in [6, 6.07) is 5.32. The van der Waals surface area contributed by atoms with Crippen LogP contribution in [0.3, 0.4) is 0 Å². The average Bonchev–Trinajstić information content (AvgIpc) is 2.38. The van der Waals surface area contributed by atoms with E-state index in [1.165, 1.54) is 19.2 Å². The minimum Gasteiger partial charge on any atom is -0.478 e. The molecule has 0 aliphatic carbocycles. The lowest BCUT2D eigenvalue weighted by Crippen LogP contribution is -2.41. The summed E-state index contributed by atoms with van der Waals surface area (Å²) in [5, 5.41) is 20.5. The number of rotatable bonds is 6. The predicted octanol–water partition coefficient (Wildman–Crippen LogP) is 0.122. The molecule has 0 spiro atoms. The number of hydrogen-bond donors (Lipinski definition) is 3. The number of aliphatic hydroxyl groups excluding tert-OH is 1. The number of carbonyl (C=O) groups is 2. The third kappa shape index (κ3) is 3.54. The second-order valence-electron chi connectivity index (χ2n) is 3.66. The Bertz CT molecular complexity index is 432. The number of carboxylic acid groups (broad SMARTS) is 1. The van der Waals surface area contributed by atoms with Crippen LogP contribution in [-0.2, 0) is 4.74 Å². The Morgan fingerprint density at radius 1 is 1.33 bits per heavy atom. The summed E-state index contributed by atoms with van der Waals surface area (Å²) in [5.41, 5.74) is -0.0244. The third-order valence-corrected chi connectivity index (χ3v) is 2.33. The van der Waals surface area contributed by atoms with Crippen LogP contribution in [0.2, 0.25) is 0 Å². The standard InChI is InChI=1S/C12H15NO5/c1-18-7-8(6-14)13-11(15)9-4-2-3-5-10(9)12(16)17/h2-5,8,14H,6-7H2,1H3,(H,13,15)(H,16,17). The molecule has 1 atom stereocenters. The maximum absolute atomic E-state index is 11.9. The van der Waals surface area contributed by atoms with E-state index in [0.29, 0.717) is 0 Å². The van der Waals surface area contributed by atoms with E-state index in [2.05, 4.69) is 5.32 Å². The van der Waals surface area contributed by atoms with Gasteiger partial charge in [-0.1, -0.05) is 12.1 Å². The maximum atomic E-state index is 11.9. The molecule has 0 fully saturated rings. The maximum Gasteiger partial charge on any atom is 0.336 e. The fraction of sp³-hybridized carbons (Fsp3) is 0.333. The zero-order valence-electron chi connectivity index (χ0n) is 9.92. The Labute approximate surface area is 104 Å². The molecule has 0 aromatic heterocycles. The number of nitrogens with one attached hydrogen (secondary N) is 1. The first-order chi connectivity index (χ1) is 8.60. The smallest absolute Gasteiger partial charge is 0.336 e. The van der Waals surface area contributed by atoms with Crippen LogP contribution in [0.5, 0.6) is 0 Å². The Morgan fingerprint density at radius 2 is 1.94 bits per heavy atom. The van der Waals surface area contributed by atoms with Gasteiger partial charge in [-0.05, 0) is 12.1 Å². The van der Waals surface area contributed by atoms with Crippen LogP contribution in [0.25, 0.3) is 0 Å². The van der Waals surface area contributed by atoms with Gasteiger partial charge >= 0.3 is 5.97 Å². The molecule has 0 heterocycles. The summed E-state index contributed by atoms with van der Waals surface area (Å²) in [7, 11) is 1.44. The Morgan fingerprint density at radius 3 is 2.44 bits per heavy atom. The highest BCUT2D eigenvalue weighted by molar-refractivity contribution is 6.04. The van der Waals surface area contributed by atoms with Gasteiger partial charge in [0.25, 0.3) is 5.91 Å². The van der Waals surface area contributed by atoms with Crippen molar-refractivity contribution in [1.29, 1.82) is 0 Å². The second kappa shape index (κ2) is 6.73. The molecule has 1 amide bonds. The van der Waals surface area contributed by atoms with Crippen LogP contribution < -0.4 is 5.32 Å². The van der Waals surface area contributed by atoms with Gasteiger partial charge < -0.3 is 20.3 Å². The average molecular weight is 253 g/mol. The highest BCUT2D eigenvalue weighted by atomic mass is 16.5. The molecule has 0 aliphatic heterocycles. The topological polar surface area (TPSA) is 95.9 Å². The molecule has 0 aliphatic rings. The minimum absolute atomic E-state index is 0.0551. The minimum atomic E-state index is -1.17. The largest absolute Gasteiger partial charge is 0.478 e. The van der Waals surface area contributed by atoms with Crippen molar-refractivity contribution in [1.82, 2.24) is 5.32 Å². The number of hydrogen-bond acceptors (Lipinski definition) is 4. The van der Waals surface area contributed by atoms with Gasteiger partial charge in [-0.2, -0.15) is 0 Å². The number of aromatic carboxylic acids is 1. The van der Waals surface area contributed by atoms with Crippen LogP contribution >= 0.6 is 0 Å². The molecule has 0 radical (unpaired) electrons. The van der Waals surface area contributed by atoms with Gasteiger partial charge in [0.05, 0.1) is 30.4 Å². The van der Waals surface area contributed by atoms with E-state index >= 15 is 0 Å². The van der Waals surface area contributed by atoms with Gasteiger partial charge in [0.1, 0.15) is 0 Å². The van der Waals surface area contributed by atoms with E-state index in [-0.39, 0.29) is 24.3 Å². The number of ether oxygens (including phenoxy) is 1. The van der Waals surface area contributed by atoms with Gasteiger partial charge in [0.15, 0.2) is 0 Å². The lowest BCUT2D eigenvalue weighted by Gasteiger charge is -2.15. The van der Waals surface area contributed by atoms with Gasteiger partial charge in [0, 0.05) is 7.11 Å². The fourth-order valence-electron chi connectivity index (χ4n) is 1.47. The molecular weight excluding hydrogens is 238 g/mol. The highest BCUT2D eigenvalue weighted by Gasteiger charge is 2.18. The Hall–Kier alpha value is -1.92. The molecule has 1 aromatic rings. The zero-order valence-corrected chi connectivity index (χ0v) is 9.92.